The normalized spacial score (nSPS) is 47.1. The van der Waals surface area contributed by atoms with Gasteiger partial charge in [0.05, 0.1) is 6.04 Å². The highest BCUT2D eigenvalue weighted by molar-refractivity contribution is 4.79. The summed E-state index contributed by atoms with van der Waals surface area (Å²) in [6, 6.07) is 0.481. The molecule has 0 aromatic carbocycles. The number of hydrogen-bond donors (Lipinski definition) is 2. The molecule has 1 aliphatic heterocycles. The van der Waals surface area contributed by atoms with Crippen LogP contribution in [0.2, 0.25) is 0 Å². The standard InChI is InChI=1S/C6H12N2O2/c9-8-6-4-2-1-3-5(6)7-10-8/h5-8H,1-4H2. The minimum atomic E-state index is -0.0512. The van der Waals surface area contributed by atoms with Gasteiger partial charge in [-0.05, 0) is 12.8 Å². The molecule has 2 N–H and O–H groups in total. The Labute approximate surface area is 59.6 Å². The van der Waals surface area contributed by atoms with Crippen molar-refractivity contribution in [2.24, 2.45) is 0 Å². The number of fused-ring (bicyclic) bond motifs is 1. The maximum atomic E-state index is 10.9. The molecule has 0 bridgehead atoms. The fraction of sp³-hybridized carbons (Fsp3) is 1.00. The van der Waals surface area contributed by atoms with E-state index in [1.54, 1.807) is 0 Å². The van der Waals surface area contributed by atoms with E-state index in [0.717, 1.165) is 12.8 Å². The van der Waals surface area contributed by atoms with Gasteiger partial charge in [-0.15, -0.1) is 10.4 Å². The van der Waals surface area contributed by atoms with E-state index >= 15 is 0 Å². The van der Waals surface area contributed by atoms with Gasteiger partial charge in [0.1, 0.15) is 6.04 Å². The van der Waals surface area contributed by atoms with Gasteiger partial charge in [-0.1, -0.05) is 6.42 Å². The minimum absolute atomic E-state index is 0.0512. The van der Waals surface area contributed by atoms with E-state index in [2.05, 4.69) is 5.48 Å². The molecule has 1 aliphatic carbocycles. The van der Waals surface area contributed by atoms with E-state index in [9.17, 15) is 5.21 Å². The quantitative estimate of drug-likeness (QED) is 0.434. The van der Waals surface area contributed by atoms with Crippen molar-refractivity contribution in [3.63, 3.8) is 0 Å². The van der Waals surface area contributed by atoms with Crippen LogP contribution in [0.15, 0.2) is 0 Å². The summed E-state index contributed by atoms with van der Waals surface area (Å²) < 4.78 is 0. The van der Waals surface area contributed by atoms with E-state index < -0.39 is 0 Å². The smallest absolute Gasteiger partial charge is 0.136 e. The van der Waals surface area contributed by atoms with Gasteiger partial charge >= 0.3 is 0 Å². The summed E-state index contributed by atoms with van der Waals surface area (Å²) in [4.78, 5) is 4.71. The molecule has 0 amide bonds. The third kappa shape index (κ3) is 0.932. The predicted molar refractivity (Wildman–Crippen MR) is 34.6 cm³/mol. The van der Waals surface area contributed by atoms with E-state index in [-0.39, 0.29) is 11.3 Å². The zero-order chi connectivity index (χ0) is 6.97. The minimum Gasteiger partial charge on any atom is -0.598 e. The van der Waals surface area contributed by atoms with Crippen LogP contribution in [-0.2, 0) is 4.94 Å². The summed E-state index contributed by atoms with van der Waals surface area (Å²) >= 11 is 0. The summed E-state index contributed by atoms with van der Waals surface area (Å²) in [6.45, 7) is 0. The van der Waals surface area contributed by atoms with Gasteiger partial charge in [0.15, 0.2) is 0 Å². The Hall–Kier alpha value is -0.160. The Morgan fingerprint density at radius 2 is 2.20 bits per heavy atom. The van der Waals surface area contributed by atoms with Gasteiger partial charge in [0.25, 0.3) is 0 Å². The van der Waals surface area contributed by atoms with E-state index in [0.29, 0.717) is 6.04 Å². The first-order valence-electron chi connectivity index (χ1n) is 3.84. The lowest BCUT2D eigenvalue weighted by Gasteiger charge is -2.24. The second kappa shape index (κ2) is 2.47. The number of quaternary nitrogens is 1. The molecule has 2 aliphatic rings. The monoisotopic (exact) mass is 144 g/mol. The molecule has 58 valence electrons. The first-order valence-corrected chi connectivity index (χ1v) is 3.84. The summed E-state index contributed by atoms with van der Waals surface area (Å²) in [5, 5.41) is 10.9. The van der Waals surface area contributed by atoms with Crippen LogP contribution in [-0.4, -0.2) is 12.1 Å². The Morgan fingerprint density at radius 1 is 1.40 bits per heavy atom. The molecule has 1 saturated carbocycles. The van der Waals surface area contributed by atoms with Crippen LogP contribution in [0.4, 0.5) is 0 Å². The van der Waals surface area contributed by atoms with Crippen molar-refractivity contribution in [3.05, 3.63) is 5.21 Å². The Bertz CT molecular complexity index is 129. The topological polar surface area (TPSA) is 48.8 Å². The second-order valence-electron chi connectivity index (χ2n) is 3.04. The number of nitrogens with one attached hydrogen (secondary N) is 2. The molecule has 3 atom stereocenters. The van der Waals surface area contributed by atoms with Crippen LogP contribution < -0.4 is 10.7 Å². The molecular weight excluding hydrogens is 132 g/mol. The van der Waals surface area contributed by atoms with E-state index in [4.69, 9.17) is 4.94 Å². The molecule has 2 rings (SSSR count). The third-order valence-electron chi connectivity index (χ3n) is 2.38. The predicted octanol–water partition coefficient (Wildman–Crippen LogP) is -0.870. The molecule has 2 fully saturated rings. The molecule has 0 radical (unpaired) electrons. The number of hydroxylamine groups is 3. The summed E-state index contributed by atoms with van der Waals surface area (Å²) in [5.74, 6) is 0. The van der Waals surface area contributed by atoms with Gasteiger partial charge in [-0.3, -0.25) is 0 Å². The Kier molecular flexibility index (Phi) is 1.61. The van der Waals surface area contributed by atoms with Crippen molar-refractivity contribution >= 4 is 0 Å². The average molecular weight is 144 g/mol. The molecule has 3 unspecified atom stereocenters. The van der Waals surface area contributed by atoms with Crippen molar-refractivity contribution in [2.45, 2.75) is 37.8 Å². The van der Waals surface area contributed by atoms with Crippen LogP contribution in [0.25, 0.3) is 0 Å². The lowest BCUT2D eigenvalue weighted by molar-refractivity contribution is -1.06. The fourth-order valence-corrected chi connectivity index (χ4v) is 1.76. The van der Waals surface area contributed by atoms with Crippen molar-refractivity contribution in [1.82, 2.24) is 5.48 Å². The highest BCUT2D eigenvalue weighted by atomic mass is 17.0. The van der Waals surface area contributed by atoms with Crippen molar-refractivity contribution in [2.75, 3.05) is 0 Å². The van der Waals surface area contributed by atoms with Gasteiger partial charge in [0, 0.05) is 6.42 Å². The van der Waals surface area contributed by atoms with Crippen molar-refractivity contribution < 1.29 is 10.2 Å². The maximum Gasteiger partial charge on any atom is 0.136 e. The zero-order valence-electron chi connectivity index (χ0n) is 5.80. The molecule has 0 spiro atoms. The molecule has 1 heterocycles. The third-order valence-corrected chi connectivity index (χ3v) is 2.38. The summed E-state index contributed by atoms with van der Waals surface area (Å²) in [5.41, 5.74) is 2.76. The largest absolute Gasteiger partial charge is 0.598 e. The van der Waals surface area contributed by atoms with Gasteiger partial charge in [0.2, 0.25) is 0 Å². The fourth-order valence-electron chi connectivity index (χ4n) is 1.76. The van der Waals surface area contributed by atoms with Crippen LogP contribution in [0.3, 0.4) is 0 Å². The number of hydrogen-bond acceptors (Lipinski definition) is 3. The number of rotatable bonds is 0. The average Bonchev–Trinajstić information content (AvgIpc) is 2.34. The Morgan fingerprint density at radius 3 is 3.00 bits per heavy atom. The first-order chi connectivity index (χ1) is 4.88. The van der Waals surface area contributed by atoms with Crippen LogP contribution in [0.5, 0.6) is 0 Å². The lowest BCUT2D eigenvalue weighted by atomic mass is 9.92. The van der Waals surface area contributed by atoms with Gasteiger partial charge in [-0.25, -0.2) is 0 Å². The van der Waals surface area contributed by atoms with Crippen molar-refractivity contribution in [3.8, 4) is 0 Å². The first kappa shape index (κ1) is 6.54. The van der Waals surface area contributed by atoms with Crippen LogP contribution in [0, 0.1) is 5.21 Å². The highest BCUT2D eigenvalue weighted by Crippen LogP contribution is 2.18. The summed E-state index contributed by atoms with van der Waals surface area (Å²) in [6.07, 6.45) is 4.51. The van der Waals surface area contributed by atoms with E-state index in [1.165, 1.54) is 12.8 Å². The van der Waals surface area contributed by atoms with E-state index in [1.807, 2.05) is 0 Å². The van der Waals surface area contributed by atoms with Crippen molar-refractivity contribution in [1.29, 1.82) is 0 Å². The molecule has 1 saturated heterocycles. The molecule has 0 aromatic rings. The second-order valence-corrected chi connectivity index (χ2v) is 3.04. The lowest BCUT2D eigenvalue weighted by Crippen LogP contribution is -3.08. The van der Waals surface area contributed by atoms with Crippen LogP contribution in [0.1, 0.15) is 25.7 Å². The van der Waals surface area contributed by atoms with Gasteiger partial charge < -0.3 is 5.21 Å². The SMILES string of the molecule is [O-][NH+]1ONC2CCCCC21. The molecule has 10 heavy (non-hydrogen) atoms. The molecule has 4 heteroatoms. The Balaban J connectivity index is 2.01. The molecule has 4 nitrogen and oxygen atoms in total. The summed E-state index contributed by atoms with van der Waals surface area (Å²) in [7, 11) is 0. The van der Waals surface area contributed by atoms with Crippen LogP contribution >= 0.6 is 0 Å². The highest BCUT2D eigenvalue weighted by Gasteiger charge is 2.37. The molecule has 0 aromatic heterocycles. The van der Waals surface area contributed by atoms with Gasteiger partial charge in [-0.2, -0.15) is 5.23 Å². The molecular formula is C6H12N2O2. The zero-order valence-corrected chi connectivity index (χ0v) is 5.80. The maximum absolute atomic E-state index is 10.9.